The molecule has 261 valence electrons. The third-order valence-corrected chi connectivity index (χ3v) is 8.17. The number of hydrogen-bond donors (Lipinski definition) is 3. The lowest BCUT2D eigenvalue weighted by Crippen LogP contribution is -2.36. The van der Waals surface area contributed by atoms with E-state index < -0.39 is 28.4 Å². The van der Waals surface area contributed by atoms with Gasteiger partial charge in [-0.1, -0.05) is 10.4 Å². The van der Waals surface area contributed by atoms with Crippen LogP contribution in [0.5, 0.6) is 0 Å². The van der Waals surface area contributed by atoms with Gasteiger partial charge in [0.25, 0.3) is 7.41 Å². The summed E-state index contributed by atoms with van der Waals surface area (Å²) in [5.41, 5.74) is 13.0. The van der Waals surface area contributed by atoms with Crippen molar-refractivity contribution in [2.45, 2.75) is 37.9 Å². The molecule has 2 unspecified atom stereocenters. The molecule has 2 fully saturated rings. The van der Waals surface area contributed by atoms with Crippen molar-refractivity contribution in [3.05, 3.63) is 35.9 Å². The number of urea groups is 2. The van der Waals surface area contributed by atoms with Crippen LogP contribution in [0.4, 0.5) is 9.59 Å². The van der Waals surface area contributed by atoms with E-state index in [2.05, 4.69) is 24.9 Å². The van der Waals surface area contributed by atoms with E-state index in [-0.39, 0.29) is 50.6 Å². The number of amides is 6. The second kappa shape index (κ2) is 14.5. The number of primary amides is 2. The van der Waals surface area contributed by atoms with Crippen LogP contribution in [0.25, 0.3) is 11.4 Å². The fourth-order valence-electron chi connectivity index (χ4n) is 5.59. The van der Waals surface area contributed by atoms with Crippen LogP contribution in [-0.2, 0) is 42.0 Å². The van der Waals surface area contributed by atoms with Crippen LogP contribution in [-0.4, -0.2) is 157 Å². The van der Waals surface area contributed by atoms with Gasteiger partial charge in [0.05, 0.1) is 67.0 Å². The molecule has 4 aliphatic rings. The highest BCUT2D eigenvalue weighted by Crippen LogP contribution is 2.27. The lowest BCUT2D eigenvalue weighted by atomic mass is 9.94. The normalized spacial score (nSPS) is 19.9. The lowest BCUT2D eigenvalue weighted by Gasteiger charge is -2.20. The number of rotatable bonds is 14. The zero-order valence-corrected chi connectivity index (χ0v) is 27.0. The van der Waals surface area contributed by atoms with Crippen LogP contribution in [0, 0.1) is 0 Å². The van der Waals surface area contributed by atoms with Gasteiger partial charge in [0, 0.05) is 33.1 Å². The first-order valence-electron chi connectivity index (χ1n) is 14.8. The summed E-state index contributed by atoms with van der Waals surface area (Å²) < 4.78 is 37.9. The van der Waals surface area contributed by atoms with Crippen molar-refractivity contribution in [1.82, 2.24) is 54.6 Å². The van der Waals surface area contributed by atoms with Crippen LogP contribution < -0.4 is 11.5 Å². The summed E-state index contributed by atoms with van der Waals surface area (Å²) in [6, 6.07) is -1.32. The first-order chi connectivity index (χ1) is 23.2. The van der Waals surface area contributed by atoms with Gasteiger partial charge in [0.15, 0.2) is 0 Å². The molecular weight excluding hydrogens is 669 g/mol. The van der Waals surface area contributed by atoms with E-state index in [0.29, 0.717) is 54.3 Å². The van der Waals surface area contributed by atoms with Crippen LogP contribution in [0.2, 0.25) is 0 Å². The molecule has 2 aromatic heterocycles. The van der Waals surface area contributed by atoms with Gasteiger partial charge in [-0.25, -0.2) is 19.0 Å². The van der Waals surface area contributed by atoms with Crippen molar-refractivity contribution in [1.29, 1.82) is 0 Å². The van der Waals surface area contributed by atoms with E-state index in [4.69, 9.17) is 16.0 Å². The predicted octanol–water partition coefficient (Wildman–Crippen LogP) is -3.25. The Bertz CT molecular complexity index is 1790. The van der Waals surface area contributed by atoms with E-state index in [1.54, 1.807) is 40.0 Å². The zero-order valence-electron chi connectivity index (χ0n) is 26.2. The van der Waals surface area contributed by atoms with Crippen molar-refractivity contribution in [3.8, 4) is 0 Å². The lowest BCUT2D eigenvalue weighted by molar-refractivity contribution is -0.119. The van der Waals surface area contributed by atoms with Crippen molar-refractivity contribution >= 4 is 59.3 Å². The van der Waals surface area contributed by atoms with Gasteiger partial charge in [0.1, 0.15) is 6.04 Å². The number of carbonyl (C=O) groups excluding carboxylic acids is 5. The maximum Gasteiger partial charge on any atom is 0.418 e. The van der Waals surface area contributed by atoms with Gasteiger partial charge in [-0.05, 0) is 25.0 Å². The summed E-state index contributed by atoms with van der Waals surface area (Å²) in [6.45, 7) is 1.72. The molecule has 0 aliphatic carbocycles. The van der Waals surface area contributed by atoms with Gasteiger partial charge in [-0.15, -0.1) is 14.5 Å². The summed E-state index contributed by atoms with van der Waals surface area (Å²) >= 11 is 0. The van der Waals surface area contributed by atoms with E-state index >= 15 is 0 Å². The number of nitrogens with zero attached hydrogens (tertiary/aromatic N) is 11. The molecule has 0 aromatic carbocycles. The Morgan fingerprint density at radius 3 is 2.18 bits per heavy atom. The summed E-state index contributed by atoms with van der Waals surface area (Å²) in [6.07, 6.45) is 8.92. The summed E-state index contributed by atoms with van der Waals surface area (Å²) in [4.78, 5) is 62.7. The second-order valence-corrected chi connectivity index (χ2v) is 12.5. The number of carbonyl (C=O) groups is 5. The smallest absolute Gasteiger partial charge is 0.370 e. The molecule has 4 aliphatic heterocycles. The zero-order chi connectivity index (χ0) is 35.5. The molecule has 5 N–H and O–H groups in total. The number of fused-ring (bicyclic) bond motifs is 4. The Morgan fingerprint density at radius 2 is 1.59 bits per heavy atom. The van der Waals surface area contributed by atoms with Crippen LogP contribution in [0.15, 0.2) is 24.5 Å². The first-order valence-corrected chi connectivity index (χ1v) is 16.2. The Kier molecular flexibility index (Phi) is 10.4. The number of aryl methyl sites for hydroxylation is 1. The number of hydrogen-bond acceptors (Lipinski definition) is 13. The maximum atomic E-state index is 12.1. The molecule has 0 spiro atoms. The van der Waals surface area contributed by atoms with Crippen LogP contribution in [0.3, 0.4) is 0 Å². The molecule has 1 radical (unpaired) electrons. The summed E-state index contributed by atoms with van der Waals surface area (Å²) in [5.74, 6) is -0.925. The Balaban J connectivity index is 0.000000191. The molecule has 4 bridgehead atoms. The molecule has 24 heteroatoms. The average Bonchev–Trinajstić information content (AvgIpc) is 3.79. The van der Waals surface area contributed by atoms with Gasteiger partial charge in [-0.3, -0.25) is 14.1 Å². The summed E-state index contributed by atoms with van der Waals surface area (Å²) in [5, 5.41) is 16.7. The van der Waals surface area contributed by atoms with Crippen molar-refractivity contribution in [3.63, 3.8) is 0 Å². The largest absolute Gasteiger partial charge is 0.418 e. The Morgan fingerprint density at radius 1 is 1.00 bits per heavy atom. The minimum atomic E-state index is -4.80. The van der Waals surface area contributed by atoms with Crippen LogP contribution >= 0.6 is 0 Å². The molecule has 0 saturated carbocycles. The molecular formula is C25H33BN13O9S. The third-order valence-electron chi connectivity index (χ3n) is 7.82. The quantitative estimate of drug-likeness (QED) is 0.0991. The minimum absolute atomic E-state index is 0.000180. The first kappa shape index (κ1) is 35.1. The molecule has 22 nitrogen and oxygen atoms in total. The van der Waals surface area contributed by atoms with Crippen molar-refractivity contribution < 1.29 is 41.2 Å². The fraction of sp³-hybridized carbons (Fsp3) is 0.480. The van der Waals surface area contributed by atoms with Crippen molar-refractivity contribution in [2.75, 3.05) is 39.8 Å². The van der Waals surface area contributed by atoms with E-state index in [9.17, 15) is 32.4 Å². The van der Waals surface area contributed by atoms with Crippen LogP contribution in [0.1, 0.15) is 24.2 Å². The Labute approximate surface area is 280 Å². The van der Waals surface area contributed by atoms with Gasteiger partial charge >= 0.3 is 22.5 Å². The maximum absolute atomic E-state index is 12.1. The minimum Gasteiger partial charge on any atom is -0.370 e. The number of likely N-dealkylation sites (N-methyl/N-ethyl adjacent to an activating group) is 1. The van der Waals surface area contributed by atoms with Gasteiger partial charge < -0.3 is 35.8 Å². The average molecular weight is 703 g/mol. The highest BCUT2D eigenvalue weighted by molar-refractivity contribution is 7.80. The van der Waals surface area contributed by atoms with Crippen molar-refractivity contribution in [2.24, 2.45) is 11.5 Å². The number of hydroxylamine groups is 2. The number of aromatic nitrogens is 6. The molecule has 2 saturated heterocycles. The standard InChI is InChI=1S/C13H17BN7O3.C12H16N6O6S/c1-18-10-2-11(6-19(5-10)13(18)24)21-4-9(16-17-21)3-20(14-8-22)7-12(15)23;13-11(19)3-1-2-8-5-17(15-14-8)9-4-10-7-16(6-9)12(20)18(10)24-25(21,22)23/h2,4,8,10H,3,5-7H2,1H3,(H2,15,23);4-5,10H,1-3,6-7H2,(H2,13,19)(H,21,22,23). The highest BCUT2D eigenvalue weighted by Gasteiger charge is 2.43. The van der Waals surface area contributed by atoms with E-state index in [1.807, 2.05) is 6.08 Å². The van der Waals surface area contributed by atoms with E-state index in [1.165, 1.54) is 21.8 Å². The fourth-order valence-corrected chi connectivity index (χ4v) is 5.97. The summed E-state index contributed by atoms with van der Waals surface area (Å²) in [7, 11) is -1.78. The molecule has 2 atom stereocenters. The molecule has 6 amide bonds. The SMILES string of the molecule is CN1C(=O)N2CC(n3cc(CN([B]C=O)CC(N)=O)nn3)=CC1C2.NC(=O)CCCc1cn(C2=CC3CN(C2)C(=O)N3OS(=O)(=O)O)nn1. The highest BCUT2D eigenvalue weighted by atomic mass is 32.3. The van der Waals surface area contributed by atoms with Gasteiger partial charge in [0.2, 0.25) is 11.8 Å². The monoisotopic (exact) mass is 702 g/mol. The topological polar surface area (TPSA) is 279 Å². The number of nitrogens with two attached hydrogens (primary N) is 2. The molecule has 2 aromatic rings. The van der Waals surface area contributed by atoms with E-state index in [0.717, 1.165) is 5.70 Å². The molecule has 49 heavy (non-hydrogen) atoms. The predicted molar refractivity (Wildman–Crippen MR) is 167 cm³/mol. The molecule has 6 rings (SSSR count). The van der Waals surface area contributed by atoms with Gasteiger partial charge in [-0.2, -0.15) is 13.5 Å². The third kappa shape index (κ3) is 8.64. The second-order valence-electron chi connectivity index (χ2n) is 11.5. The Hall–Kier alpha value is -5.20. The molecule has 6 heterocycles.